The third-order valence-electron chi connectivity index (χ3n) is 1.14. The zero-order valence-corrected chi connectivity index (χ0v) is 8.92. The van der Waals surface area contributed by atoms with E-state index in [1.165, 1.54) is 5.56 Å². The third-order valence-corrected chi connectivity index (χ3v) is 1.67. The Morgan fingerprint density at radius 1 is 1.60 bits per heavy atom. The lowest BCUT2D eigenvalue weighted by Crippen LogP contribution is -1.82. The zero-order chi connectivity index (χ0) is 6.69. The minimum absolute atomic E-state index is 0. The Morgan fingerprint density at radius 2 is 2.30 bits per heavy atom. The second-order valence-electron chi connectivity index (χ2n) is 1.90. The summed E-state index contributed by atoms with van der Waals surface area (Å²) in [6.07, 6.45) is 3.64. The van der Waals surface area contributed by atoms with E-state index in [2.05, 4.69) is 27.8 Å². The van der Waals surface area contributed by atoms with E-state index < -0.39 is 0 Å². The molecule has 1 rings (SSSR count). The van der Waals surface area contributed by atoms with Gasteiger partial charge in [-0.15, -0.1) is 17.0 Å². The minimum atomic E-state index is 0. The van der Waals surface area contributed by atoms with Gasteiger partial charge in [0.15, 0.2) is 0 Å². The van der Waals surface area contributed by atoms with Crippen LogP contribution < -0.4 is 0 Å². The molecule has 1 aromatic heterocycles. The standard InChI is InChI=1S/C7H8BrN.BrH/c1-6(8)7-3-2-4-9-5-7;/h2-6H,1H3;1H. The first-order valence-corrected chi connectivity index (χ1v) is 3.76. The molecule has 1 heterocycles. The SMILES string of the molecule is Br.CC(Br)c1cccnc1. The van der Waals surface area contributed by atoms with Crippen molar-refractivity contribution in [1.29, 1.82) is 0 Å². The summed E-state index contributed by atoms with van der Waals surface area (Å²) < 4.78 is 0. The van der Waals surface area contributed by atoms with E-state index in [4.69, 9.17) is 0 Å². The lowest BCUT2D eigenvalue weighted by atomic mass is 10.2. The first kappa shape index (κ1) is 10.1. The van der Waals surface area contributed by atoms with E-state index in [1.54, 1.807) is 6.20 Å². The molecular formula is C7H9Br2N. The Labute approximate surface area is 79.8 Å². The fourth-order valence-corrected chi connectivity index (χ4v) is 0.882. The van der Waals surface area contributed by atoms with Crippen LogP contribution in [0.25, 0.3) is 0 Å². The molecule has 0 N–H and O–H groups in total. The molecule has 1 atom stereocenters. The van der Waals surface area contributed by atoms with Crippen molar-refractivity contribution in [2.75, 3.05) is 0 Å². The summed E-state index contributed by atoms with van der Waals surface area (Å²) in [6, 6.07) is 3.99. The molecule has 0 spiro atoms. The van der Waals surface area contributed by atoms with Gasteiger partial charge in [0.05, 0.1) is 0 Å². The normalized spacial score (nSPS) is 11.8. The van der Waals surface area contributed by atoms with Gasteiger partial charge < -0.3 is 0 Å². The Kier molecular flexibility index (Phi) is 4.91. The molecule has 1 nitrogen and oxygen atoms in total. The molecule has 1 unspecified atom stereocenters. The highest BCUT2D eigenvalue weighted by molar-refractivity contribution is 9.09. The Hall–Kier alpha value is 0.110. The van der Waals surface area contributed by atoms with Crippen LogP contribution in [0.5, 0.6) is 0 Å². The fraction of sp³-hybridized carbons (Fsp3) is 0.286. The second kappa shape index (κ2) is 4.85. The van der Waals surface area contributed by atoms with E-state index in [9.17, 15) is 0 Å². The molecule has 0 bridgehead atoms. The van der Waals surface area contributed by atoms with Crippen molar-refractivity contribution in [2.45, 2.75) is 11.8 Å². The number of hydrogen-bond acceptors (Lipinski definition) is 1. The van der Waals surface area contributed by atoms with Crippen molar-refractivity contribution in [2.24, 2.45) is 0 Å². The van der Waals surface area contributed by atoms with Crippen LogP contribution in [0.1, 0.15) is 17.3 Å². The van der Waals surface area contributed by atoms with E-state index in [-0.39, 0.29) is 17.0 Å². The zero-order valence-electron chi connectivity index (χ0n) is 5.62. The van der Waals surface area contributed by atoms with Crippen molar-refractivity contribution >= 4 is 32.9 Å². The first-order chi connectivity index (χ1) is 4.30. The largest absolute Gasteiger partial charge is 0.264 e. The van der Waals surface area contributed by atoms with Gasteiger partial charge in [-0.2, -0.15) is 0 Å². The van der Waals surface area contributed by atoms with Gasteiger partial charge in [-0.3, -0.25) is 4.98 Å². The number of pyridine rings is 1. The van der Waals surface area contributed by atoms with Gasteiger partial charge in [0.2, 0.25) is 0 Å². The summed E-state index contributed by atoms with van der Waals surface area (Å²) in [7, 11) is 0. The summed E-state index contributed by atoms with van der Waals surface area (Å²) >= 11 is 3.44. The Bertz CT molecular complexity index is 174. The lowest BCUT2D eigenvalue weighted by Gasteiger charge is -1.98. The van der Waals surface area contributed by atoms with Crippen molar-refractivity contribution < 1.29 is 0 Å². The van der Waals surface area contributed by atoms with Crippen LogP contribution in [0.4, 0.5) is 0 Å². The van der Waals surface area contributed by atoms with Gasteiger partial charge in [0.1, 0.15) is 0 Å². The summed E-state index contributed by atoms with van der Waals surface area (Å²) in [5.74, 6) is 0. The summed E-state index contributed by atoms with van der Waals surface area (Å²) in [5, 5.41) is 0. The predicted molar refractivity (Wildman–Crippen MR) is 51.9 cm³/mol. The van der Waals surface area contributed by atoms with Gasteiger partial charge in [-0.1, -0.05) is 22.0 Å². The Balaban J connectivity index is 0.000000810. The van der Waals surface area contributed by atoms with Crippen molar-refractivity contribution in [3.8, 4) is 0 Å². The van der Waals surface area contributed by atoms with Gasteiger partial charge in [0, 0.05) is 17.2 Å². The van der Waals surface area contributed by atoms with E-state index >= 15 is 0 Å². The Morgan fingerprint density at radius 3 is 2.60 bits per heavy atom. The minimum Gasteiger partial charge on any atom is -0.264 e. The van der Waals surface area contributed by atoms with Crippen LogP contribution in [0, 0.1) is 0 Å². The van der Waals surface area contributed by atoms with Crippen LogP contribution in [0.15, 0.2) is 24.5 Å². The molecule has 0 fully saturated rings. The van der Waals surface area contributed by atoms with Crippen LogP contribution in [-0.2, 0) is 0 Å². The molecule has 3 heteroatoms. The van der Waals surface area contributed by atoms with Crippen LogP contribution in [0.3, 0.4) is 0 Å². The molecule has 0 saturated carbocycles. The average molecular weight is 267 g/mol. The molecule has 0 aliphatic rings. The van der Waals surface area contributed by atoms with E-state index in [1.807, 2.05) is 18.3 Å². The summed E-state index contributed by atoms with van der Waals surface area (Å²) in [4.78, 5) is 4.38. The molecule has 0 amide bonds. The highest BCUT2D eigenvalue weighted by Crippen LogP contribution is 2.19. The summed E-state index contributed by atoms with van der Waals surface area (Å²) in [5.41, 5.74) is 1.22. The molecule has 0 aliphatic heterocycles. The quantitative estimate of drug-likeness (QED) is 0.712. The molecule has 0 saturated heterocycles. The first-order valence-electron chi connectivity index (χ1n) is 2.84. The number of aromatic nitrogens is 1. The van der Waals surface area contributed by atoms with Gasteiger partial charge >= 0.3 is 0 Å². The van der Waals surface area contributed by atoms with Gasteiger partial charge in [-0.05, 0) is 18.6 Å². The molecular weight excluding hydrogens is 258 g/mol. The molecule has 0 aliphatic carbocycles. The maximum Gasteiger partial charge on any atom is 0.0382 e. The molecule has 0 aromatic carbocycles. The van der Waals surface area contributed by atoms with Crippen molar-refractivity contribution in [3.63, 3.8) is 0 Å². The smallest absolute Gasteiger partial charge is 0.0382 e. The maximum absolute atomic E-state index is 3.98. The molecule has 0 radical (unpaired) electrons. The number of hydrogen-bond donors (Lipinski definition) is 0. The second-order valence-corrected chi connectivity index (χ2v) is 3.28. The average Bonchev–Trinajstić information content (AvgIpc) is 1.90. The van der Waals surface area contributed by atoms with E-state index in [0.717, 1.165) is 0 Å². The number of halogens is 2. The lowest BCUT2D eigenvalue weighted by molar-refractivity contribution is 1.09. The topological polar surface area (TPSA) is 12.9 Å². The third kappa shape index (κ3) is 2.80. The number of alkyl halides is 1. The maximum atomic E-state index is 3.98. The molecule has 10 heavy (non-hydrogen) atoms. The van der Waals surface area contributed by atoms with Crippen LogP contribution in [-0.4, -0.2) is 4.98 Å². The predicted octanol–water partition coefficient (Wildman–Crippen LogP) is 3.12. The number of nitrogens with zero attached hydrogens (tertiary/aromatic N) is 1. The number of rotatable bonds is 1. The van der Waals surface area contributed by atoms with Crippen LogP contribution >= 0.6 is 32.9 Å². The molecule has 1 aromatic rings. The van der Waals surface area contributed by atoms with Crippen LogP contribution in [0.2, 0.25) is 0 Å². The molecule has 56 valence electrons. The summed E-state index contributed by atoms with van der Waals surface area (Å²) in [6.45, 7) is 2.08. The van der Waals surface area contributed by atoms with Crippen molar-refractivity contribution in [3.05, 3.63) is 30.1 Å². The monoisotopic (exact) mass is 265 g/mol. The van der Waals surface area contributed by atoms with Gasteiger partial charge in [0.25, 0.3) is 0 Å². The highest BCUT2D eigenvalue weighted by Gasteiger charge is 1.96. The highest BCUT2D eigenvalue weighted by atomic mass is 79.9. The van der Waals surface area contributed by atoms with Gasteiger partial charge in [-0.25, -0.2) is 0 Å². The van der Waals surface area contributed by atoms with Crippen molar-refractivity contribution in [1.82, 2.24) is 4.98 Å². The van der Waals surface area contributed by atoms with E-state index in [0.29, 0.717) is 4.83 Å². The fourth-order valence-electron chi connectivity index (χ4n) is 0.611.